The number of rotatable bonds is 11. The van der Waals surface area contributed by atoms with Gasteiger partial charge in [0.25, 0.3) is 0 Å². The van der Waals surface area contributed by atoms with Crippen LogP contribution < -0.4 is 9.47 Å². The first kappa shape index (κ1) is 23.3. The van der Waals surface area contributed by atoms with E-state index in [4.69, 9.17) is 9.47 Å². The minimum Gasteiger partial charge on any atom is -0.496 e. The molecular formula is C25H30N2O5. The van der Waals surface area contributed by atoms with Crippen LogP contribution >= 0.6 is 0 Å². The molecule has 0 saturated heterocycles. The number of nitrogens with zero attached hydrogens (tertiary/aromatic N) is 2. The van der Waals surface area contributed by atoms with Gasteiger partial charge in [-0.3, -0.25) is 4.68 Å². The number of benzene rings is 2. The number of aliphatic hydroxyl groups excluding tert-OH is 1. The van der Waals surface area contributed by atoms with E-state index in [0.29, 0.717) is 23.6 Å². The van der Waals surface area contributed by atoms with Crippen LogP contribution in [-0.4, -0.2) is 40.2 Å². The highest BCUT2D eigenvalue weighted by molar-refractivity contribution is 5.85. The summed E-state index contributed by atoms with van der Waals surface area (Å²) in [5.41, 5.74) is 2.79. The van der Waals surface area contributed by atoms with Crippen LogP contribution in [0.4, 0.5) is 0 Å². The minimum atomic E-state index is -1.07. The van der Waals surface area contributed by atoms with Crippen LogP contribution in [0.2, 0.25) is 0 Å². The topological polar surface area (TPSA) is 93.8 Å². The van der Waals surface area contributed by atoms with Crippen molar-refractivity contribution in [2.45, 2.75) is 38.8 Å². The Balaban J connectivity index is 1.83. The number of aromatic nitrogens is 2. The first-order valence-electron chi connectivity index (χ1n) is 10.6. The molecule has 7 heteroatoms. The molecule has 7 nitrogen and oxygen atoms in total. The van der Waals surface area contributed by atoms with Crippen molar-refractivity contribution in [3.8, 4) is 11.5 Å². The zero-order valence-electron chi connectivity index (χ0n) is 18.7. The third-order valence-electron chi connectivity index (χ3n) is 5.73. The van der Waals surface area contributed by atoms with E-state index in [9.17, 15) is 15.0 Å². The molecule has 0 bridgehead atoms. The maximum atomic E-state index is 11.3. The molecule has 0 unspecified atom stereocenters. The summed E-state index contributed by atoms with van der Waals surface area (Å²) < 4.78 is 12.5. The molecule has 0 radical (unpaired) electrons. The SMILES string of the molecule is COc1cc([C@@H](O)[C@@H](CCCc2ccccc2)Cn2ccc(C(=O)O)n2)cc(OC)c1C. The summed E-state index contributed by atoms with van der Waals surface area (Å²) in [5, 5.41) is 24.6. The van der Waals surface area contributed by atoms with E-state index in [0.717, 1.165) is 24.8 Å². The van der Waals surface area contributed by atoms with Gasteiger partial charge in [-0.25, -0.2) is 4.79 Å². The zero-order chi connectivity index (χ0) is 23.1. The Morgan fingerprint density at radius 1 is 1.09 bits per heavy atom. The second-order valence-corrected chi connectivity index (χ2v) is 7.86. The van der Waals surface area contributed by atoms with Crippen LogP contribution in [0, 0.1) is 12.8 Å². The number of carboxylic acid groups (broad SMARTS) is 1. The lowest BCUT2D eigenvalue weighted by atomic mass is 9.89. The van der Waals surface area contributed by atoms with Crippen molar-refractivity contribution >= 4 is 5.97 Å². The molecule has 0 amide bonds. The van der Waals surface area contributed by atoms with Crippen molar-refractivity contribution in [2.24, 2.45) is 5.92 Å². The lowest BCUT2D eigenvalue weighted by molar-refractivity contribution is 0.0687. The Labute approximate surface area is 188 Å². The molecule has 0 spiro atoms. The van der Waals surface area contributed by atoms with Crippen molar-refractivity contribution in [1.29, 1.82) is 0 Å². The van der Waals surface area contributed by atoms with Gasteiger partial charge < -0.3 is 19.7 Å². The molecule has 2 N–H and O–H groups in total. The van der Waals surface area contributed by atoms with Gasteiger partial charge in [0.2, 0.25) is 0 Å². The molecule has 0 aliphatic rings. The number of carboxylic acids is 1. The van der Waals surface area contributed by atoms with Crippen LogP contribution in [-0.2, 0) is 13.0 Å². The highest BCUT2D eigenvalue weighted by atomic mass is 16.5. The van der Waals surface area contributed by atoms with Gasteiger partial charge in [0.05, 0.1) is 20.3 Å². The number of carbonyl (C=O) groups is 1. The Morgan fingerprint density at radius 2 is 1.75 bits per heavy atom. The predicted molar refractivity (Wildman–Crippen MR) is 121 cm³/mol. The van der Waals surface area contributed by atoms with E-state index in [1.807, 2.05) is 37.3 Å². The lowest BCUT2D eigenvalue weighted by Crippen LogP contribution is -2.20. The Bertz CT molecular complexity index is 1010. The molecule has 3 rings (SSSR count). The second kappa shape index (κ2) is 10.8. The number of hydrogen-bond acceptors (Lipinski definition) is 5. The van der Waals surface area contributed by atoms with Gasteiger partial charge in [-0.2, -0.15) is 5.10 Å². The molecule has 170 valence electrons. The van der Waals surface area contributed by atoms with E-state index in [1.54, 1.807) is 25.1 Å². The lowest BCUT2D eigenvalue weighted by Gasteiger charge is -2.25. The van der Waals surface area contributed by atoms with Crippen molar-refractivity contribution < 1.29 is 24.5 Å². The van der Waals surface area contributed by atoms with Crippen molar-refractivity contribution in [3.05, 3.63) is 77.1 Å². The third kappa shape index (κ3) is 5.68. The summed E-state index contributed by atoms with van der Waals surface area (Å²) in [6, 6.07) is 15.3. The highest BCUT2D eigenvalue weighted by Gasteiger charge is 2.24. The fraction of sp³-hybridized carbons (Fsp3) is 0.360. The van der Waals surface area contributed by atoms with Gasteiger partial charge in [0.1, 0.15) is 11.5 Å². The average Bonchev–Trinajstić information content (AvgIpc) is 3.28. The zero-order valence-corrected chi connectivity index (χ0v) is 18.7. The van der Waals surface area contributed by atoms with Gasteiger partial charge in [-0.15, -0.1) is 0 Å². The van der Waals surface area contributed by atoms with E-state index in [2.05, 4.69) is 17.2 Å². The normalized spacial score (nSPS) is 12.9. The highest BCUT2D eigenvalue weighted by Crippen LogP contribution is 2.36. The number of aromatic carboxylic acids is 1. The van der Waals surface area contributed by atoms with Crippen molar-refractivity contribution in [3.63, 3.8) is 0 Å². The maximum absolute atomic E-state index is 11.3. The molecule has 2 atom stereocenters. The third-order valence-corrected chi connectivity index (χ3v) is 5.73. The molecule has 0 aliphatic carbocycles. The van der Waals surface area contributed by atoms with Gasteiger partial charge in [-0.1, -0.05) is 30.3 Å². The summed E-state index contributed by atoms with van der Waals surface area (Å²) in [5.74, 6) is 0.0395. The first-order valence-corrected chi connectivity index (χ1v) is 10.6. The molecule has 1 heterocycles. The van der Waals surface area contributed by atoms with Crippen molar-refractivity contribution in [2.75, 3.05) is 14.2 Å². The van der Waals surface area contributed by atoms with Crippen molar-refractivity contribution in [1.82, 2.24) is 9.78 Å². The van der Waals surface area contributed by atoms with Gasteiger partial charge >= 0.3 is 5.97 Å². The summed E-state index contributed by atoms with van der Waals surface area (Å²) in [6.07, 6.45) is 3.34. The summed E-state index contributed by atoms with van der Waals surface area (Å²) in [4.78, 5) is 11.2. The monoisotopic (exact) mass is 438 g/mol. The molecule has 0 fully saturated rings. The molecule has 32 heavy (non-hydrogen) atoms. The van der Waals surface area contributed by atoms with E-state index >= 15 is 0 Å². The van der Waals surface area contributed by atoms with Crippen LogP contribution in [0.25, 0.3) is 0 Å². The second-order valence-electron chi connectivity index (χ2n) is 7.86. The number of aliphatic hydroxyl groups is 1. The molecule has 3 aromatic rings. The number of methoxy groups -OCH3 is 2. The molecule has 0 saturated carbocycles. The summed E-state index contributed by atoms with van der Waals surface area (Å²) in [6.45, 7) is 2.30. The van der Waals surface area contributed by atoms with Crippen LogP contribution in [0.5, 0.6) is 11.5 Å². The van der Waals surface area contributed by atoms with E-state index in [-0.39, 0.29) is 11.6 Å². The van der Waals surface area contributed by atoms with E-state index < -0.39 is 12.1 Å². The molecule has 2 aromatic carbocycles. The predicted octanol–water partition coefficient (Wildman–Crippen LogP) is 4.28. The molecule has 0 aliphatic heterocycles. The van der Waals surface area contributed by atoms with Crippen LogP contribution in [0.3, 0.4) is 0 Å². The van der Waals surface area contributed by atoms with Gasteiger partial charge in [0.15, 0.2) is 5.69 Å². The van der Waals surface area contributed by atoms with E-state index in [1.165, 1.54) is 11.6 Å². The number of hydrogen-bond donors (Lipinski definition) is 2. The molecule has 1 aromatic heterocycles. The Morgan fingerprint density at radius 3 is 2.31 bits per heavy atom. The summed E-state index contributed by atoms with van der Waals surface area (Å²) in [7, 11) is 3.18. The number of ether oxygens (including phenoxy) is 2. The quantitative estimate of drug-likeness (QED) is 0.464. The van der Waals surface area contributed by atoms with Gasteiger partial charge in [0, 0.05) is 24.2 Å². The Kier molecular flexibility index (Phi) is 7.89. The van der Waals surface area contributed by atoms with Gasteiger partial charge in [-0.05, 0) is 55.5 Å². The van der Waals surface area contributed by atoms with Crippen LogP contribution in [0.1, 0.15) is 46.1 Å². The fourth-order valence-corrected chi connectivity index (χ4v) is 3.93. The molecular weight excluding hydrogens is 408 g/mol. The maximum Gasteiger partial charge on any atom is 0.356 e. The smallest absolute Gasteiger partial charge is 0.356 e. The Hall–Kier alpha value is -3.32. The summed E-state index contributed by atoms with van der Waals surface area (Å²) >= 11 is 0. The number of aryl methyl sites for hydroxylation is 1. The minimum absolute atomic E-state index is 0.0128. The fourth-order valence-electron chi connectivity index (χ4n) is 3.93. The largest absolute Gasteiger partial charge is 0.496 e. The first-order chi connectivity index (χ1) is 15.4. The average molecular weight is 439 g/mol. The van der Waals surface area contributed by atoms with Crippen LogP contribution in [0.15, 0.2) is 54.7 Å². The standard InChI is InChI=1S/C25H30N2O5/c1-17-22(31-2)14-20(15-23(17)32-3)24(28)19(11-7-10-18-8-5-4-6-9-18)16-27-13-12-21(26-27)25(29)30/h4-6,8-9,12-15,19,24,28H,7,10-11,16H2,1-3H3,(H,29,30)/t19-,24-/m0/s1.